The van der Waals surface area contributed by atoms with E-state index in [0.29, 0.717) is 35.4 Å². The number of carbonyl (C=O) groups is 1. The summed E-state index contributed by atoms with van der Waals surface area (Å²) in [5.74, 6) is 1.12. The van der Waals surface area contributed by atoms with Gasteiger partial charge >= 0.3 is 0 Å². The fraction of sp³-hybridized carbons (Fsp3) is 0.611. The second kappa shape index (κ2) is 5.85. The third-order valence-corrected chi connectivity index (χ3v) is 7.40. The predicted octanol–water partition coefficient (Wildman–Crippen LogP) is 2.59. The lowest BCUT2D eigenvalue weighted by Gasteiger charge is -2.18. The number of hydrogen-bond acceptors (Lipinski definition) is 3. The van der Waals surface area contributed by atoms with Crippen molar-refractivity contribution < 1.29 is 13.2 Å². The zero-order valence-corrected chi connectivity index (χ0v) is 14.8. The van der Waals surface area contributed by atoms with Crippen LogP contribution in [0.25, 0.3) is 0 Å². The van der Waals surface area contributed by atoms with Crippen LogP contribution in [0.4, 0.5) is 5.69 Å². The molecular weight excluding hydrogens is 324 g/mol. The zero-order valence-electron chi connectivity index (χ0n) is 14.0. The van der Waals surface area contributed by atoms with Crippen molar-refractivity contribution in [3.05, 3.63) is 23.8 Å². The average Bonchev–Trinajstić information content (AvgIpc) is 3.05. The van der Waals surface area contributed by atoms with Gasteiger partial charge in [-0.05, 0) is 55.7 Å². The van der Waals surface area contributed by atoms with E-state index in [1.165, 1.54) is 12.8 Å². The van der Waals surface area contributed by atoms with E-state index in [1.807, 2.05) is 13.0 Å². The third-order valence-electron chi connectivity index (χ3n) is 5.79. The Balaban J connectivity index is 1.59. The molecule has 2 aliphatic carbocycles. The molecule has 0 aromatic heterocycles. The first-order chi connectivity index (χ1) is 11.5. The number of sulfonamides is 1. The SMILES string of the molecule is Cc1ccc(N2CCCC2=O)cc1S(=O)(=O)NC1[C@H]2CCCC[C@@H]12. The molecular formula is C18H24N2O3S. The van der Waals surface area contributed by atoms with Gasteiger partial charge in [-0.2, -0.15) is 0 Å². The number of hydrogen-bond donors (Lipinski definition) is 1. The summed E-state index contributed by atoms with van der Waals surface area (Å²) in [6.45, 7) is 2.48. The number of benzene rings is 1. The van der Waals surface area contributed by atoms with Crippen molar-refractivity contribution in [2.75, 3.05) is 11.4 Å². The standard InChI is InChI=1S/C18H24N2O3S/c1-12-8-9-13(20-10-4-7-17(20)21)11-16(12)24(22,23)19-18-14-5-2-3-6-15(14)18/h8-9,11,14-15,18-19H,2-7,10H2,1H3/t14-,15+,18?. The minimum absolute atomic E-state index is 0.0726. The minimum atomic E-state index is -3.54. The molecule has 24 heavy (non-hydrogen) atoms. The molecule has 1 aromatic carbocycles. The Bertz CT molecular complexity index is 762. The van der Waals surface area contributed by atoms with Crippen molar-refractivity contribution in [2.45, 2.75) is 56.4 Å². The number of aryl methyl sites for hydroxylation is 1. The van der Waals surface area contributed by atoms with Crippen molar-refractivity contribution in [3.63, 3.8) is 0 Å². The van der Waals surface area contributed by atoms with Crippen LogP contribution in [0.2, 0.25) is 0 Å². The largest absolute Gasteiger partial charge is 0.312 e. The maximum atomic E-state index is 12.9. The van der Waals surface area contributed by atoms with Crippen LogP contribution in [-0.4, -0.2) is 26.9 Å². The molecule has 2 saturated carbocycles. The number of anilines is 1. The number of nitrogens with zero attached hydrogens (tertiary/aromatic N) is 1. The zero-order chi connectivity index (χ0) is 16.9. The Kier molecular flexibility index (Phi) is 3.92. The maximum absolute atomic E-state index is 12.9. The molecule has 1 saturated heterocycles. The van der Waals surface area contributed by atoms with Crippen LogP contribution in [0.3, 0.4) is 0 Å². The topological polar surface area (TPSA) is 66.5 Å². The van der Waals surface area contributed by atoms with Crippen LogP contribution in [0, 0.1) is 18.8 Å². The molecule has 5 nitrogen and oxygen atoms in total. The van der Waals surface area contributed by atoms with Crippen molar-refractivity contribution in [1.29, 1.82) is 0 Å². The maximum Gasteiger partial charge on any atom is 0.241 e. The van der Waals surface area contributed by atoms with Crippen molar-refractivity contribution in [2.24, 2.45) is 11.8 Å². The monoisotopic (exact) mass is 348 g/mol. The molecule has 1 heterocycles. The van der Waals surface area contributed by atoms with E-state index in [0.717, 1.165) is 24.8 Å². The fourth-order valence-corrected chi connectivity index (χ4v) is 5.98. The van der Waals surface area contributed by atoms with Gasteiger partial charge in [0.15, 0.2) is 0 Å². The first kappa shape index (κ1) is 16.1. The normalized spacial score (nSPS) is 29.6. The highest BCUT2D eigenvalue weighted by molar-refractivity contribution is 7.89. The van der Waals surface area contributed by atoms with E-state index in [-0.39, 0.29) is 11.9 Å². The van der Waals surface area contributed by atoms with Crippen LogP contribution in [0.15, 0.2) is 23.1 Å². The summed E-state index contributed by atoms with van der Waals surface area (Å²) in [4.78, 5) is 13.9. The Labute approximate surface area is 143 Å². The predicted molar refractivity (Wildman–Crippen MR) is 92.3 cm³/mol. The van der Waals surface area contributed by atoms with Gasteiger partial charge in [0.25, 0.3) is 0 Å². The quantitative estimate of drug-likeness (QED) is 0.909. The van der Waals surface area contributed by atoms with Gasteiger partial charge in [0.05, 0.1) is 4.90 Å². The summed E-state index contributed by atoms with van der Waals surface area (Å²) >= 11 is 0. The number of nitrogens with one attached hydrogen (secondary N) is 1. The third kappa shape index (κ3) is 2.75. The number of amides is 1. The first-order valence-corrected chi connectivity index (χ1v) is 10.4. The highest BCUT2D eigenvalue weighted by Crippen LogP contribution is 2.50. The summed E-state index contributed by atoms with van der Waals surface area (Å²) in [7, 11) is -3.54. The highest BCUT2D eigenvalue weighted by Gasteiger charge is 2.52. The Hall–Kier alpha value is -1.40. The van der Waals surface area contributed by atoms with E-state index >= 15 is 0 Å². The molecule has 0 spiro atoms. The lowest BCUT2D eigenvalue weighted by Crippen LogP contribution is -2.29. The molecule has 4 rings (SSSR count). The highest BCUT2D eigenvalue weighted by atomic mass is 32.2. The van der Waals surface area contributed by atoms with Gasteiger partial charge in [0.2, 0.25) is 15.9 Å². The van der Waals surface area contributed by atoms with E-state index in [4.69, 9.17) is 0 Å². The van der Waals surface area contributed by atoms with E-state index in [9.17, 15) is 13.2 Å². The molecule has 1 amide bonds. The molecule has 1 N–H and O–H groups in total. The molecule has 0 radical (unpaired) electrons. The molecule has 3 fully saturated rings. The summed E-state index contributed by atoms with van der Waals surface area (Å²) in [6, 6.07) is 5.41. The van der Waals surface area contributed by atoms with Crippen molar-refractivity contribution in [1.82, 2.24) is 4.72 Å². The lowest BCUT2D eigenvalue weighted by molar-refractivity contribution is -0.117. The minimum Gasteiger partial charge on any atom is -0.312 e. The van der Waals surface area contributed by atoms with E-state index < -0.39 is 10.0 Å². The van der Waals surface area contributed by atoms with Gasteiger partial charge in [-0.15, -0.1) is 0 Å². The Morgan fingerprint density at radius 2 is 1.83 bits per heavy atom. The molecule has 1 unspecified atom stereocenters. The Morgan fingerprint density at radius 1 is 1.12 bits per heavy atom. The van der Waals surface area contributed by atoms with Crippen LogP contribution in [-0.2, 0) is 14.8 Å². The molecule has 3 aliphatic rings. The van der Waals surface area contributed by atoms with Gasteiger partial charge in [-0.25, -0.2) is 13.1 Å². The number of fused-ring (bicyclic) bond motifs is 1. The van der Waals surface area contributed by atoms with Crippen LogP contribution < -0.4 is 9.62 Å². The summed E-state index contributed by atoms with van der Waals surface area (Å²) in [6.07, 6.45) is 6.08. The summed E-state index contributed by atoms with van der Waals surface area (Å²) < 4.78 is 28.7. The molecule has 3 atom stereocenters. The molecule has 1 aliphatic heterocycles. The van der Waals surface area contributed by atoms with Gasteiger partial charge in [-0.3, -0.25) is 4.79 Å². The average molecular weight is 348 g/mol. The molecule has 0 bridgehead atoms. The number of rotatable bonds is 4. The summed E-state index contributed by atoms with van der Waals surface area (Å²) in [5.41, 5.74) is 1.42. The summed E-state index contributed by atoms with van der Waals surface area (Å²) in [5, 5.41) is 0. The van der Waals surface area contributed by atoms with Crippen LogP contribution in [0.1, 0.15) is 44.1 Å². The smallest absolute Gasteiger partial charge is 0.241 e. The number of carbonyl (C=O) groups excluding carboxylic acids is 1. The fourth-order valence-electron chi connectivity index (χ4n) is 4.38. The van der Waals surface area contributed by atoms with Gasteiger partial charge in [0, 0.05) is 24.7 Å². The first-order valence-electron chi connectivity index (χ1n) is 8.91. The molecule has 130 valence electrons. The Morgan fingerprint density at radius 3 is 2.46 bits per heavy atom. The van der Waals surface area contributed by atoms with Crippen molar-refractivity contribution in [3.8, 4) is 0 Å². The molecule has 6 heteroatoms. The van der Waals surface area contributed by atoms with Gasteiger partial charge < -0.3 is 4.90 Å². The van der Waals surface area contributed by atoms with Crippen molar-refractivity contribution >= 4 is 21.6 Å². The van der Waals surface area contributed by atoms with Crippen LogP contribution >= 0.6 is 0 Å². The second-order valence-corrected chi connectivity index (χ2v) is 9.04. The lowest BCUT2D eigenvalue weighted by atomic mass is 10.0. The molecule has 1 aromatic rings. The second-order valence-electron chi connectivity index (χ2n) is 7.36. The van der Waals surface area contributed by atoms with E-state index in [2.05, 4.69) is 4.72 Å². The van der Waals surface area contributed by atoms with Crippen LogP contribution in [0.5, 0.6) is 0 Å². The van der Waals surface area contributed by atoms with Gasteiger partial charge in [0.1, 0.15) is 0 Å². The van der Waals surface area contributed by atoms with Gasteiger partial charge in [-0.1, -0.05) is 18.9 Å². The van der Waals surface area contributed by atoms with E-state index in [1.54, 1.807) is 17.0 Å².